The lowest BCUT2D eigenvalue weighted by Gasteiger charge is -2.15. The maximum absolute atomic E-state index is 13.4. The van der Waals surface area contributed by atoms with Crippen molar-refractivity contribution in [2.75, 3.05) is 0 Å². The Balaban J connectivity index is 2.10. The second kappa shape index (κ2) is 8.41. The molecule has 14 heteroatoms. The molecule has 0 bridgehead atoms. The van der Waals surface area contributed by atoms with E-state index < -0.39 is 52.7 Å². The molecule has 1 N–H and O–H groups in total. The summed E-state index contributed by atoms with van der Waals surface area (Å²) in [6.07, 6.45) is -9.66. The Kier molecular flexibility index (Phi) is 5.99. The first kappa shape index (κ1) is 23.5. The Morgan fingerprint density at radius 2 is 1.79 bits per heavy atom. The van der Waals surface area contributed by atoms with Gasteiger partial charge in [0.2, 0.25) is 5.75 Å². The molecule has 0 spiro atoms. The minimum atomic E-state index is -5.10. The van der Waals surface area contributed by atoms with Crippen LogP contribution in [0.15, 0.2) is 40.2 Å². The highest BCUT2D eigenvalue weighted by Crippen LogP contribution is 2.35. The van der Waals surface area contributed by atoms with Gasteiger partial charge in [-0.3, -0.25) is 14.2 Å². The van der Waals surface area contributed by atoms with Crippen LogP contribution >= 0.6 is 0 Å². The van der Waals surface area contributed by atoms with Gasteiger partial charge in [0.25, 0.3) is 11.1 Å². The number of aromatic nitrogens is 4. The number of nitrogens with zero attached hydrogens (tertiary/aromatic N) is 4. The molecule has 0 amide bonds. The number of alkyl halides is 6. The molecular formula is C19H11F6N5O3. The number of hydrogen-bond acceptors (Lipinski definition) is 6. The smallest absolute Gasteiger partial charge is 0.437 e. The summed E-state index contributed by atoms with van der Waals surface area (Å²) in [6, 6.07) is 5.96. The van der Waals surface area contributed by atoms with Gasteiger partial charge in [-0.05, 0) is 36.8 Å². The zero-order valence-corrected chi connectivity index (χ0v) is 16.4. The van der Waals surface area contributed by atoms with Gasteiger partial charge in [0, 0.05) is 0 Å². The average Bonchev–Trinajstić information content (AvgIpc) is 2.70. The quantitative estimate of drug-likeness (QED) is 0.584. The van der Waals surface area contributed by atoms with Crippen LogP contribution in [0.2, 0.25) is 0 Å². The van der Waals surface area contributed by atoms with Crippen molar-refractivity contribution in [1.29, 1.82) is 5.26 Å². The van der Waals surface area contributed by atoms with Crippen LogP contribution < -0.4 is 15.9 Å². The van der Waals surface area contributed by atoms with Gasteiger partial charge in [0.15, 0.2) is 5.69 Å². The predicted molar refractivity (Wildman–Crippen MR) is 98.4 cm³/mol. The van der Waals surface area contributed by atoms with E-state index >= 15 is 0 Å². The summed E-state index contributed by atoms with van der Waals surface area (Å²) in [7, 11) is 0. The average molecular weight is 471 g/mol. The summed E-state index contributed by atoms with van der Waals surface area (Å²) >= 11 is 0. The molecule has 8 nitrogen and oxygen atoms in total. The molecule has 172 valence electrons. The van der Waals surface area contributed by atoms with Gasteiger partial charge in [0.05, 0.1) is 30.2 Å². The van der Waals surface area contributed by atoms with Gasteiger partial charge in [0.1, 0.15) is 11.3 Å². The number of nitriles is 1. The molecule has 2 heterocycles. The van der Waals surface area contributed by atoms with Crippen molar-refractivity contribution in [3.05, 3.63) is 79.4 Å². The van der Waals surface area contributed by atoms with Gasteiger partial charge < -0.3 is 4.74 Å². The molecule has 0 aliphatic carbocycles. The number of rotatable bonds is 4. The Morgan fingerprint density at radius 1 is 1.09 bits per heavy atom. The maximum atomic E-state index is 13.4. The Hall–Kier alpha value is -4.15. The SMILES string of the molecule is Cc1cc(C#N)cc(Oc2c(C(F)(F)F)ncn(Cc3cc(C(F)(F)F)c(=O)[nH]n3)c2=O)c1. The molecule has 3 aromatic rings. The maximum Gasteiger partial charge on any atom is 0.437 e. The topological polar surface area (TPSA) is 114 Å². The van der Waals surface area contributed by atoms with Gasteiger partial charge in [-0.15, -0.1) is 0 Å². The van der Waals surface area contributed by atoms with Crippen molar-refractivity contribution in [1.82, 2.24) is 19.7 Å². The van der Waals surface area contributed by atoms with E-state index in [1.807, 2.05) is 0 Å². The molecule has 2 aromatic heterocycles. The lowest BCUT2D eigenvalue weighted by atomic mass is 10.1. The largest absolute Gasteiger partial charge is 0.449 e. The van der Waals surface area contributed by atoms with Crippen LogP contribution in [0.5, 0.6) is 11.5 Å². The van der Waals surface area contributed by atoms with Crippen molar-refractivity contribution in [3.8, 4) is 17.6 Å². The summed E-state index contributed by atoms with van der Waals surface area (Å²) in [5.74, 6) is -1.50. The van der Waals surface area contributed by atoms with E-state index in [-0.39, 0.29) is 11.3 Å². The summed E-state index contributed by atoms with van der Waals surface area (Å²) in [4.78, 5) is 27.3. The standard InChI is InChI=1S/C19H11F6N5O3/c1-9-2-10(6-26)4-12(3-9)33-14-15(19(23,24)25)27-8-30(17(14)32)7-11-5-13(18(20,21)22)16(31)29-28-11/h2-5,8H,7H2,1H3,(H,29,31). The highest BCUT2D eigenvalue weighted by molar-refractivity contribution is 5.43. The van der Waals surface area contributed by atoms with Gasteiger partial charge >= 0.3 is 12.4 Å². The second-order valence-corrected chi connectivity index (χ2v) is 6.70. The van der Waals surface area contributed by atoms with E-state index in [4.69, 9.17) is 10.00 Å². The van der Waals surface area contributed by atoms with Crippen LogP contribution in [-0.4, -0.2) is 19.7 Å². The second-order valence-electron chi connectivity index (χ2n) is 6.70. The van der Waals surface area contributed by atoms with Crippen LogP contribution in [-0.2, 0) is 18.9 Å². The number of aryl methyl sites for hydroxylation is 1. The number of benzene rings is 1. The molecule has 1 aromatic carbocycles. The first-order valence-electron chi connectivity index (χ1n) is 8.81. The Labute approximate surface area is 179 Å². The van der Waals surface area contributed by atoms with E-state index in [0.717, 1.165) is 6.07 Å². The molecular weight excluding hydrogens is 460 g/mol. The predicted octanol–water partition coefficient (Wildman–Crippen LogP) is 3.38. The third-order valence-electron chi connectivity index (χ3n) is 4.16. The molecule has 0 saturated heterocycles. The number of halogens is 6. The van der Waals surface area contributed by atoms with Crippen molar-refractivity contribution in [3.63, 3.8) is 0 Å². The first-order chi connectivity index (χ1) is 15.3. The number of aromatic amines is 1. The minimum Gasteiger partial charge on any atom is -0.449 e. The van der Waals surface area contributed by atoms with Crippen LogP contribution in [0.3, 0.4) is 0 Å². The fourth-order valence-electron chi connectivity index (χ4n) is 2.78. The normalized spacial score (nSPS) is 11.8. The summed E-state index contributed by atoms with van der Waals surface area (Å²) < 4.78 is 84.7. The summed E-state index contributed by atoms with van der Waals surface area (Å²) in [5.41, 5.74) is -6.13. The summed E-state index contributed by atoms with van der Waals surface area (Å²) in [6.45, 7) is 0.789. The Morgan fingerprint density at radius 3 is 2.39 bits per heavy atom. The van der Waals surface area contributed by atoms with Crippen molar-refractivity contribution in [2.24, 2.45) is 0 Å². The highest BCUT2D eigenvalue weighted by Gasteiger charge is 2.39. The fourth-order valence-corrected chi connectivity index (χ4v) is 2.78. The monoisotopic (exact) mass is 471 g/mol. The highest BCUT2D eigenvalue weighted by atomic mass is 19.4. The van der Waals surface area contributed by atoms with Crippen LogP contribution in [0.25, 0.3) is 0 Å². The molecule has 3 rings (SSSR count). The minimum absolute atomic E-state index is 0.0555. The third-order valence-corrected chi connectivity index (χ3v) is 4.16. The van der Waals surface area contributed by atoms with Gasteiger partial charge in [-0.2, -0.15) is 36.7 Å². The van der Waals surface area contributed by atoms with Crippen LogP contribution in [0.4, 0.5) is 26.3 Å². The fraction of sp³-hybridized carbons (Fsp3) is 0.211. The van der Waals surface area contributed by atoms with Crippen LogP contribution in [0.1, 0.15) is 28.1 Å². The van der Waals surface area contributed by atoms with Crippen LogP contribution in [0, 0.1) is 18.3 Å². The molecule has 0 radical (unpaired) electrons. The van der Waals surface area contributed by atoms with E-state index in [0.29, 0.717) is 22.5 Å². The Bertz CT molecular complexity index is 1370. The van der Waals surface area contributed by atoms with E-state index in [1.54, 1.807) is 18.1 Å². The number of ether oxygens (including phenoxy) is 1. The first-order valence-corrected chi connectivity index (χ1v) is 8.81. The number of hydrogen-bond donors (Lipinski definition) is 1. The van der Waals surface area contributed by atoms with E-state index in [2.05, 4.69) is 10.1 Å². The lowest BCUT2D eigenvalue weighted by molar-refractivity contribution is -0.142. The van der Waals surface area contributed by atoms with Gasteiger partial charge in [-0.25, -0.2) is 10.1 Å². The molecule has 0 aliphatic rings. The third kappa shape index (κ3) is 5.20. The van der Waals surface area contributed by atoms with Gasteiger partial charge in [-0.1, -0.05) is 0 Å². The van der Waals surface area contributed by atoms with Crippen molar-refractivity contribution >= 4 is 0 Å². The zero-order chi connectivity index (χ0) is 24.6. The van der Waals surface area contributed by atoms with E-state index in [9.17, 15) is 35.9 Å². The summed E-state index contributed by atoms with van der Waals surface area (Å²) in [5, 5.41) is 14.0. The molecule has 0 aliphatic heterocycles. The lowest BCUT2D eigenvalue weighted by Crippen LogP contribution is -2.28. The molecule has 0 saturated carbocycles. The zero-order valence-electron chi connectivity index (χ0n) is 16.4. The molecule has 33 heavy (non-hydrogen) atoms. The van der Waals surface area contributed by atoms with Crippen molar-refractivity contribution in [2.45, 2.75) is 25.8 Å². The van der Waals surface area contributed by atoms with Crippen molar-refractivity contribution < 1.29 is 31.1 Å². The molecule has 0 atom stereocenters. The number of nitrogens with one attached hydrogen (secondary N) is 1. The molecule has 0 unspecified atom stereocenters. The number of H-pyrrole nitrogens is 1. The van der Waals surface area contributed by atoms with E-state index in [1.165, 1.54) is 12.1 Å². The molecule has 0 fully saturated rings.